The Morgan fingerprint density at radius 2 is 2.00 bits per heavy atom. The zero-order valence-corrected chi connectivity index (χ0v) is 12.2. The molecule has 2 rings (SSSR count). The highest BCUT2D eigenvalue weighted by Crippen LogP contribution is 2.24. The zero-order valence-electron chi connectivity index (χ0n) is 12.2. The molecule has 22 heavy (non-hydrogen) atoms. The lowest BCUT2D eigenvalue weighted by Crippen LogP contribution is -2.07. The predicted octanol–water partition coefficient (Wildman–Crippen LogP) is 3.14. The largest absolute Gasteiger partial charge is 0.491 e. The first-order valence-corrected chi connectivity index (χ1v) is 6.95. The predicted molar refractivity (Wildman–Crippen MR) is 84.2 cm³/mol. The van der Waals surface area contributed by atoms with Crippen LogP contribution in [0, 0.1) is 10.1 Å². The number of rotatable bonds is 7. The van der Waals surface area contributed by atoms with E-state index in [4.69, 9.17) is 9.84 Å². The van der Waals surface area contributed by atoms with Gasteiger partial charge in [-0.05, 0) is 36.8 Å². The van der Waals surface area contributed by atoms with Gasteiger partial charge in [0, 0.05) is 23.9 Å². The first-order valence-electron chi connectivity index (χ1n) is 6.95. The summed E-state index contributed by atoms with van der Waals surface area (Å²) in [4.78, 5) is 10.4. The Balaban J connectivity index is 2.03. The molecule has 0 aliphatic heterocycles. The Morgan fingerprint density at radius 1 is 1.27 bits per heavy atom. The number of nitro groups is 1. The summed E-state index contributed by atoms with van der Waals surface area (Å²) in [6, 6.07) is 13.8. The van der Waals surface area contributed by atoms with Crippen molar-refractivity contribution in [3.63, 3.8) is 0 Å². The van der Waals surface area contributed by atoms with E-state index in [2.05, 4.69) is 5.32 Å². The normalized spacial score (nSPS) is 11.7. The standard InChI is InChI=1S/C16H18N2O4/c1-12(13-3-2-4-15(11-13)18(20)21)17-14-5-7-16(8-6-14)22-10-9-19/h2-8,11-12,17,19H,9-10H2,1H3. The van der Waals surface area contributed by atoms with Crippen LogP contribution >= 0.6 is 0 Å². The van der Waals surface area contributed by atoms with Gasteiger partial charge in [-0.15, -0.1) is 0 Å². The Morgan fingerprint density at radius 3 is 2.64 bits per heavy atom. The number of ether oxygens (including phenoxy) is 1. The van der Waals surface area contributed by atoms with Crippen molar-refractivity contribution in [1.82, 2.24) is 0 Å². The first kappa shape index (κ1) is 15.8. The van der Waals surface area contributed by atoms with Crippen molar-refractivity contribution >= 4 is 11.4 Å². The number of nitrogens with zero attached hydrogens (tertiary/aromatic N) is 1. The molecule has 0 saturated heterocycles. The van der Waals surface area contributed by atoms with E-state index >= 15 is 0 Å². The Kier molecular flexibility index (Phi) is 5.32. The maximum absolute atomic E-state index is 10.8. The molecule has 0 aromatic heterocycles. The van der Waals surface area contributed by atoms with Crippen molar-refractivity contribution in [3.05, 3.63) is 64.2 Å². The highest BCUT2D eigenvalue weighted by atomic mass is 16.6. The molecule has 0 amide bonds. The Hall–Kier alpha value is -2.60. The Bertz CT molecular complexity index is 628. The van der Waals surface area contributed by atoms with Crippen molar-refractivity contribution in [2.45, 2.75) is 13.0 Å². The van der Waals surface area contributed by atoms with E-state index < -0.39 is 4.92 Å². The summed E-state index contributed by atoms with van der Waals surface area (Å²) in [5.41, 5.74) is 1.81. The van der Waals surface area contributed by atoms with E-state index in [0.29, 0.717) is 5.75 Å². The fraction of sp³-hybridized carbons (Fsp3) is 0.250. The monoisotopic (exact) mass is 302 g/mol. The molecule has 0 spiro atoms. The minimum atomic E-state index is -0.399. The lowest BCUT2D eigenvalue weighted by molar-refractivity contribution is -0.384. The van der Waals surface area contributed by atoms with Crippen LogP contribution < -0.4 is 10.1 Å². The average Bonchev–Trinajstić information content (AvgIpc) is 2.54. The van der Waals surface area contributed by atoms with Crippen molar-refractivity contribution in [3.8, 4) is 5.75 Å². The molecule has 0 aliphatic rings. The van der Waals surface area contributed by atoms with E-state index in [1.54, 1.807) is 24.3 Å². The van der Waals surface area contributed by atoms with Gasteiger partial charge < -0.3 is 15.2 Å². The molecule has 2 aromatic rings. The number of hydrogen-bond donors (Lipinski definition) is 2. The van der Waals surface area contributed by atoms with E-state index in [9.17, 15) is 10.1 Å². The van der Waals surface area contributed by atoms with E-state index in [1.165, 1.54) is 6.07 Å². The second-order valence-electron chi connectivity index (χ2n) is 4.81. The molecule has 6 heteroatoms. The van der Waals surface area contributed by atoms with Gasteiger partial charge >= 0.3 is 0 Å². The van der Waals surface area contributed by atoms with Gasteiger partial charge in [-0.1, -0.05) is 12.1 Å². The second kappa shape index (κ2) is 7.42. The summed E-state index contributed by atoms with van der Waals surface area (Å²) in [7, 11) is 0. The highest BCUT2D eigenvalue weighted by molar-refractivity contribution is 5.49. The van der Waals surface area contributed by atoms with Crippen LogP contribution in [-0.4, -0.2) is 23.2 Å². The molecule has 0 radical (unpaired) electrons. The van der Waals surface area contributed by atoms with Crippen molar-refractivity contribution < 1.29 is 14.8 Å². The summed E-state index contributed by atoms with van der Waals surface area (Å²) in [6.07, 6.45) is 0. The van der Waals surface area contributed by atoms with Crippen LogP contribution in [0.25, 0.3) is 0 Å². The molecule has 0 bridgehead atoms. The van der Waals surface area contributed by atoms with Gasteiger partial charge in [-0.25, -0.2) is 0 Å². The fourth-order valence-corrected chi connectivity index (χ4v) is 2.05. The lowest BCUT2D eigenvalue weighted by atomic mass is 10.1. The summed E-state index contributed by atoms with van der Waals surface area (Å²) in [5.74, 6) is 0.683. The number of aliphatic hydroxyl groups excluding tert-OH is 1. The molecule has 116 valence electrons. The van der Waals surface area contributed by atoms with Crippen LogP contribution in [0.2, 0.25) is 0 Å². The fourth-order valence-electron chi connectivity index (χ4n) is 2.05. The third-order valence-corrected chi connectivity index (χ3v) is 3.18. The molecule has 0 saturated carbocycles. The number of aliphatic hydroxyl groups is 1. The smallest absolute Gasteiger partial charge is 0.269 e. The third-order valence-electron chi connectivity index (χ3n) is 3.18. The van der Waals surface area contributed by atoms with Gasteiger partial charge in [0.25, 0.3) is 5.69 Å². The molecule has 0 heterocycles. The van der Waals surface area contributed by atoms with Crippen molar-refractivity contribution in [2.24, 2.45) is 0 Å². The van der Waals surface area contributed by atoms with Gasteiger partial charge in [0.05, 0.1) is 11.5 Å². The molecule has 1 atom stereocenters. The number of non-ortho nitro benzene ring substituents is 1. The molecule has 2 N–H and O–H groups in total. The number of anilines is 1. The van der Waals surface area contributed by atoms with Crippen molar-refractivity contribution in [2.75, 3.05) is 18.5 Å². The lowest BCUT2D eigenvalue weighted by Gasteiger charge is -2.16. The highest BCUT2D eigenvalue weighted by Gasteiger charge is 2.10. The van der Waals surface area contributed by atoms with Gasteiger partial charge in [0.1, 0.15) is 12.4 Å². The van der Waals surface area contributed by atoms with Crippen LogP contribution in [-0.2, 0) is 0 Å². The SMILES string of the molecule is CC(Nc1ccc(OCCO)cc1)c1cccc([N+](=O)[O-])c1. The third kappa shape index (κ3) is 4.20. The molecule has 0 aliphatic carbocycles. The van der Waals surface area contributed by atoms with Crippen LogP contribution in [0.1, 0.15) is 18.5 Å². The van der Waals surface area contributed by atoms with E-state index in [0.717, 1.165) is 11.3 Å². The number of benzene rings is 2. The van der Waals surface area contributed by atoms with Gasteiger partial charge in [0.15, 0.2) is 0 Å². The molecule has 0 fully saturated rings. The minimum Gasteiger partial charge on any atom is -0.491 e. The average molecular weight is 302 g/mol. The zero-order chi connectivity index (χ0) is 15.9. The molecular formula is C16H18N2O4. The summed E-state index contributed by atoms with van der Waals surface area (Å²) < 4.78 is 5.29. The maximum Gasteiger partial charge on any atom is 0.269 e. The first-order chi connectivity index (χ1) is 10.6. The van der Waals surface area contributed by atoms with Crippen LogP contribution in [0.5, 0.6) is 5.75 Å². The molecule has 6 nitrogen and oxygen atoms in total. The number of nitro benzene ring substituents is 1. The van der Waals surface area contributed by atoms with Crippen LogP contribution in [0.3, 0.4) is 0 Å². The van der Waals surface area contributed by atoms with Gasteiger partial charge in [0.2, 0.25) is 0 Å². The number of hydrogen-bond acceptors (Lipinski definition) is 5. The van der Waals surface area contributed by atoms with Crippen molar-refractivity contribution in [1.29, 1.82) is 0 Å². The Labute approximate surface area is 128 Å². The maximum atomic E-state index is 10.8. The minimum absolute atomic E-state index is 0.0240. The quantitative estimate of drug-likeness (QED) is 0.606. The molecular weight excluding hydrogens is 284 g/mol. The summed E-state index contributed by atoms with van der Waals surface area (Å²) in [6.45, 7) is 2.18. The topological polar surface area (TPSA) is 84.6 Å². The second-order valence-corrected chi connectivity index (χ2v) is 4.81. The van der Waals surface area contributed by atoms with E-state index in [-0.39, 0.29) is 24.9 Å². The van der Waals surface area contributed by atoms with Crippen LogP contribution in [0.4, 0.5) is 11.4 Å². The number of nitrogens with one attached hydrogen (secondary N) is 1. The molecule has 1 unspecified atom stereocenters. The molecule has 2 aromatic carbocycles. The summed E-state index contributed by atoms with van der Waals surface area (Å²) in [5, 5.41) is 22.8. The van der Waals surface area contributed by atoms with Gasteiger partial charge in [-0.2, -0.15) is 0 Å². The van der Waals surface area contributed by atoms with Crippen LogP contribution in [0.15, 0.2) is 48.5 Å². The summed E-state index contributed by atoms with van der Waals surface area (Å²) >= 11 is 0. The van der Waals surface area contributed by atoms with Gasteiger partial charge in [-0.3, -0.25) is 10.1 Å². The van der Waals surface area contributed by atoms with E-state index in [1.807, 2.05) is 25.1 Å².